The maximum Gasteiger partial charge on any atom is 0.00722 e. The minimum Gasteiger partial charge on any atom is -0.327 e. The molecule has 1 fully saturated rings. The Kier molecular flexibility index (Phi) is 4.94. The zero-order chi connectivity index (χ0) is 10.6. The largest absolute Gasteiger partial charge is 0.327 e. The number of hydrogen-bond acceptors (Lipinski definition) is 1. The Morgan fingerprint density at radius 2 is 1.86 bits per heavy atom. The first-order valence-electron chi connectivity index (χ1n) is 6.40. The molecule has 1 heteroatoms. The van der Waals surface area contributed by atoms with E-state index in [2.05, 4.69) is 20.8 Å². The lowest BCUT2D eigenvalue weighted by Crippen LogP contribution is -2.37. The van der Waals surface area contributed by atoms with E-state index < -0.39 is 0 Å². The first kappa shape index (κ1) is 12.0. The highest BCUT2D eigenvalue weighted by Crippen LogP contribution is 2.35. The summed E-state index contributed by atoms with van der Waals surface area (Å²) in [5.41, 5.74) is 6.32. The lowest BCUT2D eigenvalue weighted by atomic mass is 9.73. The topological polar surface area (TPSA) is 26.0 Å². The third kappa shape index (κ3) is 3.27. The van der Waals surface area contributed by atoms with Crippen molar-refractivity contribution in [3.63, 3.8) is 0 Å². The molecular formula is C13H27N. The predicted molar refractivity (Wildman–Crippen MR) is 63.2 cm³/mol. The fourth-order valence-electron chi connectivity index (χ4n) is 3.03. The van der Waals surface area contributed by atoms with Gasteiger partial charge in [-0.2, -0.15) is 0 Å². The van der Waals surface area contributed by atoms with Gasteiger partial charge in [0.2, 0.25) is 0 Å². The first-order chi connectivity index (χ1) is 6.65. The molecule has 0 aliphatic heterocycles. The third-order valence-corrected chi connectivity index (χ3v) is 3.79. The van der Waals surface area contributed by atoms with Gasteiger partial charge in [0, 0.05) is 6.04 Å². The molecule has 0 aromatic rings. The normalized spacial score (nSPS) is 30.6. The SMILES string of the molecule is CCC1CCCCC1C(N)CC(C)C. The maximum atomic E-state index is 6.32. The predicted octanol–water partition coefficient (Wildman–Crippen LogP) is 3.58. The van der Waals surface area contributed by atoms with E-state index in [1.54, 1.807) is 0 Å². The second-order valence-corrected chi connectivity index (χ2v) is 5.41. The molecule has 1 saturated carbocycles. The molecule has 0 aromatic heterocycles. The molecule has 2 N–H and O–H groups in total. The fraction of sp³-hybridized carbons (Fsp3) is 1.00. The van der Waals surface area contributed by atoms with Crippen LogP contribution in [0.25, 0.3) is 0 Å². The van der Waals surface area contributed by atoms with Crippen LogP contribution in [0.2, 0.25) is 0 Å². The van der Waals surface area contributed by atoms with Gasteiger partial charge in [-0.05, 0) is 30.6 Å². The molecule has 1 aliphatic rings. The summed E-state index contributed by atoms with van der Waals surface area (Å²) in [4.78, 5) is 0. The van der Waals surface area contributed by atoms with E-state index in [4.69, 9.17) is 5.73 Å². The van der Waals surface area contributed by atoms with Crippen LogP contribution in [-0.2, 0) is 0 Å². The second-order valence-electron chi connectivity index (χ2n) is 5.41. The zero-order valence-electron chi connectivity index (χ0n) is 10.1. The number of nitrogens with two attached hydrogens (primary N) is 1. The zero-order valence-corrected chi connectivity index (χ0v) is 10.1. The Balaban J connectivity index is 2.45. The summed E-state index contributed by atoms with van der Waals surface area (Å²) in [6.45, 7) is 6.89. The summed E-state index contributed by atoms with van der Waals surface area (Å²) in [5.74, 6) is 2.48. The molecule has 0 saturated heterocycles. The first-order valence-corrected chi connectivity index (χ1v) is 6.40. The third-order valence-electron chi connectivity index (χ3n) is 3.79. The Morgan fingerprint density at radius 3 is 2.43 bits per heavy atom. The van der Waals surface area contributed by atoms with Crippen LogP contribution in [0.5, 0.6) is 0 Å². The van der Waals surface area contributed by atoms with E-state index in [0.29, 0.717) is 6.04 Å². The smallest absolute Gasteiger partial charge is 0.00722 e. The summed E-state index contributed by atoms with van der Waals surface area (Å²) in [6.07, 6.45) is 8.19. The molecule has 1 aliphatic carbocycles. The van der Waals surface area contributed by atoms with Crippen LogP contribution in [0.4, 0.5) is 0 Å². The molecule has 84 valence electrons. The highest BCUT2D eigenvalue weighted by atomic mass is 14.7. The molecule has 0 amide bonds. The summed E-state index contributed by atoms with van der Waals surface area (Å²) >= 11 is 0. The summed E-state index contributed by atoms with van der Waals surface area (Å²) in [7, 11) is 0. The van der Waals surface area contributed by atoms with Gasteiger partial charge in [-0.25, -0.2) is 0 Å². The monoisotopic (exact) mass is 197 g/mol. The Hall–Kier alpha value is -0.0400. The van der Waals surface area contributed by atoms with Crippen molar-refractivity contribution in [2.75, 3.05) is 0 Å². The van der Waals surface area contributed by atoms with Gasteiger partial charge < -0.3 is 5.73 Å². The van der Waals surface area contributed by atoms with Gasteiger partial charge in [-0.3, -0.25) is 0 Å². The van der Waals surface area contributed by atoms with Crippen molar-refractivity contribution in [3.05, 3.63) is 0 Å². The van der Waals surface area contributed by atoms with Crippen LogP contribution in [0.15, 0.2) is 0 Å². The molecule has 1 rings (SSSR count). The minimum atomic E-state index is 0.459. The van der Waals surface area contributed by atoms with Crippen molar-refractivity contribution in [1.29, 1.82) is 0 Å². The van der Waals surface area contributed by atoms with Gasteiger partial charge in [0.05, 0.1) is 0 Å². The van der Waals surface area contributed by atoms with Crippen molar-refractivity contribution in [2.24, 2.45) is 23.5 Å². The lowest BCUT2D eigenvalue weighted by molar-refractivity contribution is 0.182. The van der Waals surface area contributed by atoms with E-state index >= 15 is 0 Å². The van der Waals surface area contributed by atoms with Crippen LogP contribution in [0.3, 0.4) is 0 Å². The lowest BCUT2D eigenvalue weighted by Gasteiger charge is -2.35. The van der Waals surface area contributed by atoms with E-state index in [1.165, 1.54) is 38.5 Å². The van der Waals surface area contributed by atoms with Crippen molar-refractivity contribution in [2.45, 2.75) is 65.3 Å². The van der Waals surface area contributed by atoms with Gasteiger partial charge in [0.25, 0.3) is 0 Å². The van der Waals surface area contributed by atoms with Gasteiger partial charge in [-0.1, -0.05) is 46.5 Å². The molecule has 3 atom stereocenters. The van der Waals surface area contributed by atoms with E-state index in [9.17, 15) is 0 Å². The quantitative estimate of drug-likeness (QED) is 0.732. The highest BCUT2D eigenvalue weighted by Gasteiger charge is 2.28. The average Bonchev–Trinajstić information content (AvgIpc) is 2.16. The van der Waals surface area contributed by atoms with E-state index in [-0.39, 0.29) is 0 Å². The van der Waals surface area contributed by atoms with Gasteiger partial charge in [-0.15, -0.1) is 0 Å². The fourth-order valence-corrected chi connectivity index (χ4v) is 3.03. The van der Waals surface area contributed by atoms with Crippen molar-refractivity contribution < 1.29 is 0 Å². The Labute approximate surface area is 89.5 Å². The van der Waals surface area contributed by atoms with Crippen LogP contribution in [0.1, 0.15) is 59.3 Å². The number of hydrogen-bond donors (Lipinski definition) is 1. The van der Waals surface area contributed by atoms with Crippen LogP contribution in [0, 0.1) is 17.8 Å². The molecule has 3 unspecified atom stereocenters. The van der Waals surface area contributed by atoms with Gasteiger partial charge in [0.15, 0.2) is 0 Å². The Morgan fingerprint density at radius 1 is 1.21 bits per heavy atom. The summed E-state index contributed by atoms with van der Waals surface area (Å²) < 4.78 is 0. The molecule has 0 radical (unpaired) electrons. The Bertz CT molecular complexity index is 153. The van der Waals surface area contributed by atoms with Crippen LogP contribution >= 0.6 is 0 Å². The van der Waals surface area contributed by atoms with Crippen molar-refractivity contribution >= 4 is 0 Å². The van der Waals surface area contributed by atoms with Gasteiger partial charge in [0.1, 0.15) is 0 Å². The van der Waals surface area contributed by atoms with Crippen LogP contribution in [-0.4, -0.2) is 6.04 Å². The minimum absolute atomic E-state index is 0.459. The molecule has 0 bridgehead atoms. The summed E-state index contributed by atoms with van der Waals surface area (Å²) in [5, 5.41) is 0. The van der Waals surface area contributed by atoms with Crippen molar-refractivity contribution in [3.8, 4) is 0 Å². The van der Waals surface area contributed by atoms with Crippen LogP contribution < -0.4 is 5.73 Å². The number of rotatable bonds is 4. The van der Waals surface area contributed by atoms with E-state index in [1.807, 2.05) is 0 Å². The summed E-state index contributed by atoms with van der Waals surface area (Å²) in [6, 6.07) is 0.459. The maximum absolute atomic E-state index is 6.32. The molecule has 0 aromatic carbocycles. The second kappa shape index (κ2) is 5.75. The molecule has 14 heavy (non-hydrogen) atoms. The molecule has 0 spiro atoms. The standard InChI is InChI=1S/C13H27N/c1-4-11-7-5-6-8-12(11)13(14)9-10(2)3/h10-13H,4-9,14H2,1-3H3. The van der Waals surface area contributed by atoms with Gasteiger partial charge >= 0.3 is 0 Å². The van der Waals surface area contributed by atoms with E-state index in [0.717, 1.165) is 17.8 Å². The highest BCUT2D eigenvalue weighted by molar-refractivity contribution is 4.83. The molecule has 0 heterocycles. The molecule has 1 nitrogen and oxygen atoms in total. The average molecular weight is 197 g/mol. The van der Waals surface area contributed by atoms with Crippen molar-refractivity contribution in [1.82, 2.24) is 0 Å². The molecular weight excluding hydrogens is 170 g/mol.